The second-order valence-corrected chi connectivity index (χ2v) is 7.13. The molecule has 0 heterocycles. The molecule has 0 bridgehead atoms. The standard InChI is InChI=1S/C18H30O2.C4H9.Li/c1-3-4-5-6-7-8-9-10-18(20)17-12-11-16(14-19)13-15(17)2;1-3-4-2;/h11-13,18-20H,3-10,14H2,1-2H3;1,3-4H2,2H3;. The second-order valence-electron chi connectivity index (χ2n) is 7.13. The zero-order valence-electron chi connectivity index (χ0n) is 17.2. The molecule has 0 aliphatic carbocycles. The molecule has 1 rings (SSSR count). The molecule has 0 spiro atoms. The van der Waals surface area contributed by atoms with Gasteiger partial charge >= 0.3 is 42.6 Å². The fourth-order valence-corrected chi connectivity index (χ4v) is 3.01. The van der Waals surface area contributed by atoms with Gasteiger partial charge in [-0.3, -0.25) is 0 Å². The summed E-state index contributed by atoms with van der Waals surface area (Å²) in [6.07, 6.45) is 12.1. The Morgan fingerprint density at radius 2 is 1.52 bits per heavy atom. The molecule has 0 saturated heterocycles. The summed E-state index contributed by atoms with van der Waals surface area (Å²) in [5, 5.41) is 20.7. The van der Waals surface area contributed by atoms with Crippen molar-refractivity contribution in [1.82, 2.24) is 0 Å². The number of unbranched alkanes of at least 4 members (excludes halogenated alkanes) is 7. The van der Waals surface area contributed by atoms with Gasteiger partial charge in [0.2, 0.25) is 0 Å². The van der Waals surface area contributed by atoms with Crippen LogP contribution in [0.3, 0.4) is 0 Å². The van der Waals surface area contributed by atoms with Crippen molar-refractivity contribution in [1.29, 1.82) is 0 Å². The van der Waals surface area contributed by atoms with Gasteiger partial charge in [-0.05, 0) is 30.0 Å². The van der Waals surface area contributed by atoms with Crippen molar-refractivity contribution in [3.8, 4) is 0 Å². The van der Waals surface area contributed by atoms with Crippen LogP contribution < -0.4 is 0 Å². The SMILES string of the molecule is CCCCCCCCCC(O)c1ccc(CO)cc1C.[Li][CH2]CCC. The Hall–Kier alpha value is -0.263. The van der Waals surface area contributed by atoms with E-state index in [0.717, 1.165) is 29.5 Å². The molecule has 1 aromatic rings. The first kappa shape index (κ1) is 24.7. The van der Waals surface area contributed by atoms with E-state index in [0.29, 0.717) is 0 Å². The first-order valence-electron chi connectivity index (χ1n) is 10.5. The predicted molar refractivity (Wildman–Crippen MR) is 110 cm³/mol. The van der Waals surface area contributed by atoms with E-state index < -0.39 is 0 Å². The van der Waals surface area contributed by atoms with Gasteiger partial charge in [-0.15, -0.1) is 0 Å². The van der Waals surface area contributed by atoms with Crippen molar-refractivity contribution < 1.29 is 10.2 Å². The molecule has 0 aromatic heterocycles. The predicted octanol–water partition coefficient (Wildman–Crippen LogP) is 6.03. The average Bonchev–Trinajstić information content (AvgIpc) is 2.61. The first-order valence-corrected chi connectivity index (χ1v) is 10.5. The Bertz CT molecular complexity index is 418. The molecule has 3 heteroatoms. The van der Waals surface area contributed by atoms with Gasteiger partial charge < -0.3 is 10.2 Å². The number of hydrogen-bond donors (Lipinski definition) is 2. The van der Waals surface area contributed by atoms with Gasteiger partial charge in [-0.1, -0.05) is 70.1 Å². The summed E-state index contributed by atoms with van der Waals surface area (Å²) in [5.41, 5.74) is 2.99. The van der Waals surface area contributed by atoms with Crippen LogP contribution in [-0.4, -0.2) is 27.9 Å². The summed E-state index contributed by atoms with van der Waals surface area (Å²) in [6.45, 7) is 6.52. The third-order valence-corrected chi connectivity index (χ3v) is 4.66. The van der Waals surface area contributed by atoms with Crippen LogP contribution >= 0.6 is 0 Å². The van der Waals surface area contributed by atoms with Gasteiger partial charge in [-0.25, -0.2) is 0 Å². The minimum atomic E-state index is -0.363. The molecule has 0 fully saturated rings. The van der Waals surface area contributed by atoms with E-state index in [2.05, 4.69) is 31.6 Å². The Kier molecular flexibility index (Phi) is 17.0. The number of aryl methyl sites for hydroxylation is 1. The van der Waals surface area contributed by atoms with Gasteiger partial charge in [0.05, 0.1) is 12.7 Å². The summed E-state index contributed by atoms with van der Waals surface area (Å²) in [5.74, 6) is 0. The van der Waals surface area contributed by atoms with E-state index in [4.69, 9.17) is 5.11 Å². The molecular formula is C22H39LiO2. The third-order valence-electron chi connectivity index (χ3n) is 4.66. The molecule has 0 aliphatic heterocycles. The maximum absolute atomic E-state index is 10.2. The van der Waals surface area contributed by atoms with Crippen molar-refractivity contribution >= 4 is 17.7 Å². The third kappa shape index (κ3) is 12.7. The number of aliphatic hydroxyl groups is 2. The summed E-state index contributed by atoms with van der Waals surface area (Å²) in [7, 11) is 0. The number of benzene rings is 1. The van der Waals surface area contributed by atoms with E-state index in [9.17, 15) is 5.11 Å². The van der Waals surface area contributed by atoms with Crippen LogP contribution in [0, 0.1) is 6.92 Å². The van der Waals surface area contributed by atoms with Gasteiger partial charge in [0.15, 0.2) is 0 Å². The van der Waals surface area contributed by atoms with E-state index in [1.165, 1.54) is 56.5 Å². The minimum absolute atomic E-state index is 0.0645. The number of hydrogen-bond acceptors (Lipinski definition) is 2. The molecule has 2 nitrogen and oxygen atoms in total. The van der Waals surface area contributed by atoms with Crippen molar-refractivity contribution in [2.75, 3.05) is 0 Å². The van der Waals surface area contributed by atoms with Gasteiger partial charge in [0.25, 0.3) is 0 Å². The fraction of sp³-hybridized carbons (Fsp3) is 0.727. The maximum atomic E-state index is 10.2. The molecule has 0 saturated carbocycles. The molecular weight excluding hydrogens is 303 g/mol. The summed E-state index contributed by atoms with van der Waals surface area (Å²) in [6, 6.07) is 5.81. The molecule has 1 atom stereocenters. The van der Waals surface area contributed by atoms with Crippen LogP contribution in [0.25, 0.3) is 0 Å². The summed E-state index contributed by atoms with van der Waals surface area (Å²) < 4.78 is 0. The van der Waals surface area contributed by atoms with Crippen LogP contribution in [0.2, 0.25) is 5.09 Å². The van der Waals surface area contributed by atoms with Gasteiger partial charge in [-0.2, -0.15) is 0 Å². The summed E-state index contributed by atoms with van der Waals surface area (Å²) >= 11 is 2.21. The van der Waals surface area contributed by atoms with Crippen molar-refractivity contribution in [2.24, 2.45) is 0 Å². The van der Waals surface area contributed by atoms with E-state index in [1.807, 2.05) is 25.1 Å². The molecule has 1 aromatic carbocycles. The Balaban J connectivity index is 0.00000101. The molecule has 2 N–H and O–H groups in total. The van der Waals surface area contributed by atoms with Gasteiger partial charge in [0.1, 0.15) is 0 Å². The van der Waals surface area contributed by atoms with E-state index in [-0.39, 0.29) is 12.7 Å². The normalized spacial score (nSPS) is 11.8. The van der Waals surface area contributed by atoms with Crippen molar-refractivity contribution in [2.45, 2.75) is 103 Å². The number of aliphatic hydroxyl groups excluding tert-OH is 2. The first-order chi connectivity index (χ1) is 12.1. The molecule has 0 aliphatic rings. The zero-order chi connectivity index (χ0) is 18.9. The summed E-state index contributed by atoms with van der Waals surface area (Å²) in [4.78, 5) is 0. The van der Waals surface area contributed by atoms with Crippen LogP contribution in [0.4, 0.5) is 0 Å². The van der Waals surface area contributed by atoms with Crippen LogP contribution in [0.15, 0.2) is 18.2 Å². The number of rotatable bonds is 12. The zero-order valence-corrected chi connectivity index (χ0v) is 17.2. The average molecular weight is 342 g/mol. The topological polar surface area (TPSA) is 40.5 Å². The Labute approximate surface area is 165 Å². The van der Waals surface area contributed by atoms with E-state index in [1.54, 1.807) is 0 Å². The quantitative estimate of drug-likeness (QED) is 0.359. The molecule has 0 radical (unpaired) electrons. The Morgan fingerprint density at radius 3 is 2.00 bits per heavy atom. The Morgan fingerprint density at radius 1 is 0.920 bits per heavy atom. The monoisotopic (exact) mass is 342 g/mol. The molecule has 140 valence electrons. The molecule has 1 unspecified atom stereocenters. The van der Waals surface area contributed by atoms with Gasteiger partial charge in [0, 0.05) is 0 Å². The van der Waals surface area contributed by atoms with Crippen molar-refractivity contribution in [3.63, 3.8) is 0 Å². The van der Waals surface area contributed by atoms with Crippen LogP contribution in [0.5, 0.6) is 0 Å². The molecule has 25 heavy (non-hydrogen) atoms. The van der Waals surface area contributed by atoms with E-state index >= 15 is 0 Å². The second kappa shape index (κ2) is 17.2. The molecule has 0 amide bonds. The van der Waals surface area contributed by atoms with Crippen LogP contribution in [0.1, 0.15) is 101 Å². The van der Waals surface area contributed by atoms with Crippen LogP contribution in [-0.2, 0) is 6.61 Å². The fourth-order valence-electron chi connectivity index (χ4n) is 3.01. The van der Waals surface area contributed by atoms with Crippen molar-refractivity contribution in [3.05, 3.63) is 34.9 Å².